The van der Waals surface area contributed by atoms with Crippen LogP contribution in [0.15, 0.2) is 53.4 Å². The number of halogens is 1. The molecule has 2 aromatic rings. The topological polar surface area (TPSA) is 104 Å². The fourth-order valence-electron chi connectivity index (χ4n) is 3.12. The van der Waals surface area contributed by atoms with Crippen LogP contribution in [0.5, 0.6) is 5.75 Å². The van der Waals surface area contributed by atoms with Gasteiger partial charge in [-0.1, -0.05) is 30.3 Å². The van der Waals surface area contributed by atoms with Crippen molar-refractivity contribution in [1.82, 2.24) is 5.32 Å². The average Bonchev–Trinajstić information content (AvgIpc) is 3.02. The van der Waals surface area contributed by atoms with Gasteiger partial charge in [0.15, 0.2) is 9.84 Å². The van der Waals surface area contributed by atoms with Crippen LogP contribution in [0.4, 0.5) is 4.39 Å². The van der Waals surface area contributed by atoms with Crippen molar-refractivity contribution in [2.24, 2.45) is 0 Å². The molecule has 0 bridgehead atoms. The summed E-state index contributed by atoms with van der Waals surface area (Å²) >= 11 is 0. The first-order valence-corrected chi connectivity index (χ1v) is 9.12. The van der Waals surface area contributed by atoms with E-state index in [1.807, 2.05) is 0 Å². The van der Waals surface area contributed by atoms with E-state index < -0.39 is 44.7 Å². The quantitative estimate of drug-likeness (QED) is 0.764. The summed E-state index contributed by atoms with van der Waals surface area (Å²) in [4.78, 5) is 11.0. The van der Waals surface area contributed by atoms with E-state index >= 15 is 0 Å². The number of para-hydroxylation sites is 1. The van der Waals surface area contributed by atoms with Crippen LogP contribution in [0.3, 0.4) is 0 Å². The van der Waals surface area contributed by atoms with E-state index in [-0.39, 0.29) is 16.9 Å². The van der Waals surface area contributed by atoms with Crippen LogP contribution in [0.25, 0.3) is 0 Å². The SMILES string of the molecule is O=C(O)C1CC(S(=O)(=O)c2ccccc2O)C(c2ccccc2F)N1. The summed E-state index contributed by atoms with van der Waals surface area (Å²) in [6.45, 7) is 0. The van der Waals surface area contributed by atoms with E-state index in [0.717, 1.165) is 0 Å². The number of rotatable bonds is 4. The fourth-order valence-corrected chi connectivity index (χ4v) is 5.10. The Labute approximate surface area is 143 Å². The highest BCUT2D eigenvalue weighted by Crippen LogP contribution is 2.38. The van der Waals surface area contributed by atoms with Crippen molar-refractivity contribution in [3.8, 4) is 5.75 Å². The van der Waals surface area contributed by atoms with Crippen LogP contribution < -0.4 is 5.32 Å². The molecule has 0 aliphatic carbocycles. The Morgan fingerprint density at radius 2 is 1.76 bits per heavy atom. The Balaban J connectivity index is 2.09. The molecular formula is C17H16FNO5S. The van der Waals surface area contributed by atoms with Gasteiger partial charge in [-0.2, -0.15) is 0 Å². The maximum Gasteiger partial charge on any atom is 0.320 e. The lowest BCUT2D eigenvalue weighted by Crippen LogP contribution is -2.33. The van der Waals surface area contributed by atoms with Gasteiger partial charge in [-0.25, -0.2) is 12.8 Å². The molecule has 2 aromatic carbocycles. The maximum absolute atomic E-state index is 14.2. The third kappa shape index (κ3) is 3.10. The standard InChI is InChI=1S/C17H16FNO5S/c18-11-6-2-1-5-10(11)16-15(9-12(19-16)17(21)22)25(23,24)14-8-4-3-7-13(14)20/h1-8,12,15-16,19-20H,9H2,(H,21,22). The summed E-state index contributed by atoms with van der Waals surface area (Å²) in [6.07, 6.45) is -0.231. The molecule has 3 atom stereocenters. The maximum atomic E-state index is 14.2. The Kier molecular flexibility index (Phi) is 4.49. The molecule has 8 heteroatoms. The van der Waals surface area contributed by atoms with Gasteiger partial charge in [0, 0.05) is 5.56 Å². The van der Waals surface area contributed by atoms with Gasteiger partial charge in [-0.15, -0.1) is 0 Å². The Morgan fingerprint density at radius 1 is 1.12 bits per heavy atom. The molecular weight excluding hydrogens is 349 g/mol. The van der Waals surface area contributed by atoms with Crippen LogP contribution in [-0.2, 0) is 14.6 Å². The number of nitrogens with one attached hydrogen (secondary N) is 1. The highest BCUT2D eigenvalue weighted by Gasteiger charge is 2.47. The number of phenolic OH excluding ortho intramolecular Hbond substituents is 1. The molecule has 6 nitrogen and oxygen atoms in total. The molecule has 0 aromatic heterocycles. The van der Waals surface area contributed by atoms with E-state index in [9.17, 15) is 27.8 Å². The molecule has 0 amide bonds. The van der Waals surface area contributed by atoms with Crippen LogP contribution in [-0.4, -0.2) is 35.9 Å². The van der Waals surface area contributed by atoms with Crippen molar-refractivity contribution in [2.75, 3.05) is 0 Å². The molecule has 1 aliphatic heterocycles. The second-order valence-corrected chi connectivity index (χ2v) is 7.98. The second-order valence-electron chi connectivity index (χ2n) is 5.84. The average molecular weight is 365 g/mol. The van der Waals surface area contributed by atoms with E-state index in [2.05, 4.69) is 5.32 Å². The highest BCUT2D eigenvalue weighted by molar-refractivity contribution is 7.92. The van der Waals surface area contributed by atoms with Crippen molar-refractivity contribution < 1.29 is 27.8 Å². The van der Waals surface area contributed by atoms with Gasteiger partial charge in [0.2, 0.25) is 0 Å². The van der Waals surface area contributed by atoms with Gasteiger partial charge in [0.1, 0.15) is 22.5 Å². The monoisotopic (exact) mass is 365 g/mol. The number of hydrogen-bond acceptors (Lipinski definition) is 5. The minimum Gasteiger partial charge on any atom is -0.507 e. The number of aromatic hydroxyl groups is 1. The highest BCUT2D eigenvalue weighted by atomic mass is 32.2. The lowest BCUT2D eigenvalue weighted by Gasteiger charge is -2.21. The number of aliphatic carboxylic acids is 1. The molecule has 3 N–H and O–H groups in total. The summed E-state index contributed by atoms with van der Waals surface area (Å²) in [7, 11) is -4.09. The van der Waals surface area contributed by atoms with Crippen LogP contribution >= 0.6 is 0 Å². The van der Waals surface area contributed by atoms with Crippen LogP contribution in [0, 0.1) is 5.82 Å². The number of benzene rings is 2. The zero-order chi connectivity index (χ0) is 18.2. The van der Waals surface area contributed by atoms with Crippen molar-refractivity contribution in [3.63, 3.8) is 0 Å². The fraction of sp³-hybridized carbons (Fsp3) is 0.235. The van der Waals surface area contributed by atoms with Crippen molar-refractivity contribution in [1.29, 1.82) is 0 Å². The minimum absolute atomic E-state index is 0.0789. The first-order chi connectivity index (χ1) is 11.8. The molecule has 1 fully saturated rings. The summed E-state index contributed by atoms with van der Waals surface area (Å²) < 4.78 is 40.2. The summed E-state index contributed by atoms with van der Waals surface area (Å²) in [5.41, 5.74) is 0.0789. The van der Waals surface area contributed by atoms with E-state index in [1.165, 1.54) is 42.5 Å². The van der Waals surface area contributed by atoms with E-state index in [4.69, 9.17) is 0 Å². The van der Waals surface area contributed by atoms with Crippen molar-refractivity contribution in [3.05, 3.63) is 59.9 Å². The lowest BCUT2D eigenvalue weighted by atomic mass is 10.0. The van der Waals surface area contributed by atoms with Gasteiger partial charge in [0.05, 0.1) is 11.3 Å². The van der Waals surface area contributed by atoms with Gasteiger partial charge in [-0.05, 0) is 24.6 Å². The molecule has 0 saturated carbocycles. The molecule has 3 rings (SSSR count). The van der Waals surface area contributed by atoms with E-state index in [1.54, 1.807) is 6.07 Å². The van der Waals surface area contributed by atoms with Crippen molar-refractivity contribution >= 4 is 15.8 Å². The smallest absolute Gasteiger partial charge is 0.320 e. The zero-order valence-corrected chi connectivity index (χ0v) is 13.8. The lowest BCUT2D eigenvalue weighted by molar-refractivity contribution is -0.139. The van der Waals surface area contributed by atoms with Gasteiger partial charge in [-0.3, -0.25) is 10.1 Å². The third-order valence-corrected chi connectivity index (χ3v) is 6.55. The van der Waals surface area contributed by atoms with Gasteiger partial charge >= 0.3 is 5.97 Å². The third-order valence-electron chi connectivity index (χ3n) is 4.33. The molecule has 1 heterocycles. The molecule has 132 valence electrons. The normalized spacial score (nSPS) is 23.5. The summed E-state index contributed by atoms with van der Waals surface area (Å²) in [5.74, 6) is -2.26. The predicted molar refractivity (Wildman–Crippen MR) is 87.4 cm³/mol. The molecule has 3 unspecified atom stereocenters. The van der Waals surface area contributed by atoms with Gasteiger partial charge in [0.25, 0.3) is 0 Å². The number of carboxylic acids is 1. The van der Waals surface area contributed by atoms with E-state index in [0.29, 0.717) is 0 Å². The van der Waals surface area contributed by atoms with Crippen LogP contribution in [0.2, 0.25) is 0 Å². The molecule has 25 heavy (non-hydrogen) atoms. The summed E-state index contributed by atoms with van der Waals surface area (Å²) in [6, 6.07) is 8.89. The Morgan fingerprint density at radius 3 is 2.40 bits per heavy atom. The largest absolute Gasteiger partial charge is 0.507 e. The number of carbonyl (C=O) groups is 1. The molecule has 0 radical (unpaired) electrons. The van der Waals surface area contributed by atoms with Crippen LogP contribution in [0.1, 0.15) is 18.0 Å². The second kappa shape index (κ2) is 6.45. The number of hydrogen-bond donors (Lipinski definition) is 3. The minimum atomic E-state index is -4.09. The number of phenols is 1. The Hall–Kier alpha value is -2.45. The molecule has 0 spiro atoms. The first-order valence-electron chi connectivity index (χ1n) is 7.57. The number of sulfone groups is 1. The Bertz CT molecular complexity index is 915. The first kappa shape index (κ1) is 17.4. The van der Waals surface area contributed by atoms with Gasteiger partial charge < -0.3 is 10.2 Å². The predicted octanol–water partition coefficient (Wildman–Crippen LogP) is 1.86. The number of carboxylic acid groups (broad SMARTS) is 1. The zero-order valence-electron chi connectivity index (χ0n) is 13.0. The molecule has 1 saturated heterocycles. The molecule has 1 aliphatic rings. The van der Waals surface area contributed by atoms with Crippen molar-refractivity contribution in [2.45, 2.75) is 28.6 Å². The summed E-state index contributed by atoms with van der Waals surface area (Å²) in [5, 5.41) is 20.6.